The Morgan fingerprint density at radius 3 is 2.33 bits per heavy atom. The van der Waals surface area contributed by atoms with E-state index < -0.39 is 5.60 Å². The summed E-state index contributed by atoms with van der Waals surface area (Å²) in [5, 5.41) is 0. The highest BCUT2D eigenvalue weighted by molar-refractivity contribution is 5.75. The molecule has 104 valence electrons. The van der Waals surface area contributed by atoms with Gasteiger partial charge >= 0.3 is 12.1 Å². The Labute approximate surface area is 108 Å². The molecule has 0 aromatic heterocycles. The Morgan fingerprint density at radius 1 is 1.22 bits per heavy atom. The Hall–Kier alpha value is -1.26. The number of carbonyl (C=O) groups is 2. The zero-order valence-electron chi connectivity index (χ0n) is 11.9. The second kappa shape index (κ2) is 5.59. The summed E-state index contributed by atoms with van der Waals surface area (Å²) in [5.41, 5.74) is -0.519. The molecule has 1 fully saturated rings. The van der Waals surface area contributed by atoms with Gasteiger partial charge in [0.2, 0.25) is 0 Å². The summed E-state index contributed by atoms with van der Waals surface area (Å²) in [5.74, 6) is -0.492. The van der Waals surface area contributed by atoms with E-state index in [-0.39, 0.29) is 24.0 Å². The average Bonchev–Trinajstić information content (AvgIpc) is 2.26. The van der Waals surface area contributed by atoms with Crippen LogP contribution in [0.5, 0.6) is 0 Å². The molecule has 18 heavy (non-hydrogen) atoms. The lowest BCUT2D eigenvalue weighted by Gasteiger charge is -2.37. The first kappa shape index (κ1) is 14.8. The number of methoxy groups -OCH3 is 1. The number of hydrogen-bond acceptors (Lipinski definition) is 4. The SMILES string of the molecule is COC(=O)[C@H]1CC[C@@H](C)N(C(=O)OC(C)(C)C)C1. The van der Waals surface area contributed by atoms with Crippen molar-refractivity contribution < 1.29 is 19.1 Å². The van der Waals surface area contributed by atoms with E-state index in [0.717, 1.165) is 12.8 Å². The molecule has 1 aliphatic heterocycles. The first-order valence-corrected chi connectivity index (χ1v) is 6.32. The van der Waals surface area contributed by atoms with Crippen molar-refractivity contribution in [3.05, 3.63) is 0 Å². The van der Waals surface area contributed by atoms with E-state index >= 15 is 0 Å². The summed E-state index contributed by atoms with van der Waals surface area (Å²) >= 11 is 0. The lowest BCUT2D eigenvalue weighted by atomic mass is 9.94. The minimum Gasteiger partial charge on any atom is -0.469 e. The number of esters is 1. The zero-order chi connectivity index (χ0) is 13.9. The van der Waals surface area contributed by atoms with Crippen LogP contribution < -0.4 is 0 Å². The molecular formula is C13H23NO4. The van der Waals surface area contributed by atoms with Gasteiger partial charge in [-0.1, -0.05) is 0 Å². The number of ether oxygens (including phenoxy) is 2. The molecule has 0 aromatic carbocycles. The van der Waals surface area contributed by atoms with Crippen molar-refractivity contribution in [1.82, 2.24) is 4.90 Å². The summed E-state index contributed by atoms with van der Waals surface area (Å²) in [6, 6.07) is 0.0979. The van der Waals surface area contributed by atoms with Crippen LogP contribution >= 0.6 is 0 Å². The van der Waals surface area contributed by atoms with Crippen LogP contribution in [0.3, 0.4) is 0 Å². The van der Waals surface area contributed by atoms with E-state index in [1.165, 1.54) is 7.11 Å². The highest BCUT2D eigenvalue weighted by atomic mass is 16.6. The van der Waals surface area contributed by atoms with Crippen LogP contribution in [0, 0.1) is 5.92 Å². The molecule has 0 N–H and O–H groups in total. The van der Waals surface area contributed by atoms with Crippen LogP contribution in [-0.2, 0) is 14.3 Å². The van der Waals surface area contributed by atoms with Gasteiger partial charge in [0.25, 0.3) is 0 Å². The molecule has 1 amide bonds. The highest BCUT2D eigenvalue weighted by Crippen LogP contribution is 2.24. The maximum atomic E-state index is 12.0. The normalized spacial score (nSPS) is 24.6. The average molecular weight is 257 g/mol. The molecule has 5 heteroatoms. The number of amides is 1. The third-order valence-electron chi connectivity index (χ3n) is 3.04. The molecule has 0 saturated carbocycles. The van der Waals surface area contributed by atoms with Gasteiger partial charge in [-0.3, -0.25) is 4.79 Å². The Bertz CT molecular complexity index is 321. The zero-order valence-corrected chi connectivity index (χ0v) is 11.9. The summed E-state index contributed by atoms with van der Waals surface area (Å²) < 4.78 is 10.1. The van der Waals surface area contributed by atoms with Gasteiger partial charge in [0.1, 0.15) is 5.60 Å². The molecule has 0 spiro atoms. The number of hydrogen-bond donors (Lipinski definition) is 0. The molecule has 0 unspecified atom stereocenters. The first-order valence-electron chi connectivity index (χ1n) is 6.32. The molecule has 1 aliphatic rings. The number of nitrogens with zero attached hydrogens (tertiary/aromatic N) is 1. The number of rotatable bonds is 1. The van der Waals surface area contributed by atoms with Crippen LogP contribution in [-0.4, -0.2) is 42.3 Å². The Kier molecular flexibility index (Phi) is 4.59. The van der Waals surface area contributed by atoms with Crippen LogP contribution in [0.25, 0.3) is 0 Å². The Balaban J connectivity index is 2.67. The fourth-order valence-corrected chi connectivity index (χ4v) is 2.04. The lowest BCUT2D eigenvalue weighted by Crippen LogP contribution is -2.49. The fourth-order valence-electron chi connectivity index (χ4n) is 2.04. The minimum absolute atomic E-state index is 0.0979. The maximum absolute atomic E-state index is 12.0. The topological polar surface area (TPSA) is 55.8 Å². The lowest BCUT2D eigenvalue weighted by molar-refractivity contribution is -0.147. The standard InChI is InChI=1S/C13H23NO4/c1-9-6-7-10(11(15)17-5)8-14(9)12(16)18-13(2,3)4/h9-10H,6-8H2,1-5H3/t9-,10+/m1/s1. The summed E-state index contributed by atoms with van der Waals surface area (Å²) in [7, 11) is 1.37. The second-order valence-corrected chi connectivity index (χ2v) is 5.78. The Morgan fingerprint density at radius 2 is 1.83 bits per heavy atom. The molecule has 0 aliphatic carbocycles. The molecule has 1 heterocycles. The monoisotopic (exact) mass is 257 g/mol. The van der Waals surface area contributed by atoms with Gasteiger partial charge in [-0.15, -0.1) is 0 Å². The summed E-state index contributed by atoms with van der Waals surface area (Å²) in [6.07, 6.45) is 1.19. The van der Waals surface area contributed by atoms with Crippen LogP contribution in [0.15, 0.2) is 0 Å². The van der Waals surface area contributed by atoms with Gasteiger partial charge in [0.15, 0.2) is 0 Å². The molecule has 1 saturated heterocycles. The molecule has 1 rings (SSSR count). The van der Waals surface area contributed by atoms with Crippen LogP contribution in [0.4, 0.5) is 4.79 Å². The molecule has 5 nitrogen and oxygen atoms in total. The highest BCUT2D eigenvalue weighted by Gasteiger charge is 2.35. The largest absolute Gasteiger partial charge is 0.469 e. The van der Waals surface area contributed by atoms with Gasteiger partial charge in [0, 0.05) is 12.6 Å². The first-order chi connectivity index (χ1) is 8.24. The van der Waals surface area contributed by atoms with Crippen LogP contribution in [0.1, 0.15) is 40.5 Å². The third-order valence-corrected chi connectivity index (χ3v) is 3.04. The molecular weight excluding hydrogens is 234 g/mol. The minimum atomic E-state index is -0.519. The van der Waals surface area contributed by atoms with Crippen LogP contribution in [0.2, 0.25) is 0 Å². The molecule has 0 aromatic rings. The van der Waals surface area contributed by atoms with E-state index in [1.807, 2.05) is 27.7 Å². The number of carbonyl (C=O) groups excluding carboxylic acids is 2. The smallest absolute Gasteiger partial charge is 0.410 e. The number of likely N-dealkylation sites (tertiary alicyclic amines) is 1. The van der Waals surface area contributed by atoms with Gasteiger partial charge in [-0.05, 0) is 40.5 Å². The van der Waals surface area contributed by atoms with Crippen molar-refractivity contribution in [2.75, 3.05) is 13.7 Å². The van der Waals surface area contributed by atoms with E-state index in [9.17, 15) is 9.59 Å². The van der Waals surface area contributed by atoms with Gasteiger partial charge < -0.3 is 14.4 Å². The van der Waals surface area contributed by atoms with Gasteiger partial charge in [-0.2, -0.15) is 0 Å². The fraction of sp³-hybridized carbons (Fsp3) is 0.846. The van der Waals surface area contributed by atoms with Crippen molar-refractivity contribution in [3.8, 4) is 0 Å². The van der Waals surface area contributed by atoms with Crippen molar-refractivity contribution in [2.45, 2.75) is 52.2 Å². The second-order valence-electron chi connectivity index (χ2n) is 5.78. The van der Waals surface area contributed by atoms with Crippen molar-refractivity contribution in [3.63, 3.8) is 0 Å². The van der Waals surface area contributed by atoms with E-state index in [4.69, 9.17) is 9.47 Å². The molecule has 0 radical (unpaired) electrons. The van der Waals surface area contributed by atoms with Crippen molar-refractivity contribution in [2.24, 2.45) is 5.92 Å². The van der Waals surface area contributed by atoms with Crippen molar-refractivity contribution >= 4 is 12.1 Å². The van der Waals surface area contributed by atoms with Crippen molar-refractivity contribution in [1.29, 1.82) is 0 Å². The third kappa shape index (κ3) is 3.89. The molecule has 0 bridgehead atoms. The predicted molar refractivity (Wildman–Crippen MR) is 67.1 cm³/mol. The maximum Gasteiger partial charge on any atom is 0.410 e. The molecule has 2 atom stereocenters. The number of piperidine rings is 1. The summed E-state index contributed by atoms with van der Waals surface area (Å²) in [4.78, 5) is 25.2. The van der Waals surface area contributed by atoms with E-state index in [1.54, 1.807) is 4.90 Å². The van der Waals surface area contributed by atoms with E-state index in [2.05, 4.69) is 0 Å². The quantitative estimate of drug-likeness (QED) is 0.676. The van der Waals surface area contributed by atoms with E-state index in [0.29, 0.717) is 6.54 Å². The van der Waals surface area contributed by atoms with Gasteiger partial charge in [-0.25, -0.2) is 4.79 Å². The summed E-state index contributed by atoms with van der Waals surface area (Å²) in [6.45, 7) is 7.84. The van der Waals surface area contributed by atoms with Gasteiger partial charge in [0.05, 0.1) is 13.0 Å². The predicted octanol–water partition coefficient (Wildman–Crippen LogP) is 2.20.